The van der Waals surface area contributed by atoms with E-state index in [0.717, 1.165) is 17.1 Å². The van der Waals surface area contributed by atoms with Crippen molar-refractivity contribution in [2.45, 2.75) is 24.5 Å². The second-order valence-corrected chi connectivity index (χ2v) is 5.75. The molecule has 0 aromatic heterocycles. The first-order valence-corrected chi connectivity index (χ1v) is 6.33. The number of nitriles is 1. The minimum Gasteiger partial charge on any atom is -0.497 e. The number of benzene rings is 1. The summed E-state index contributed by atoms with van der Waals surface area (Å²) in [7, 11) is 1.66. The molecule has 84 valence electrons. The first-order chi connectivity index (χ1) is 7.58. The van der Waals surface area contributed by atoms with E-state index in [1.807, 2.05) is 12.1 Å². The molecule has 2 nitrogen and oxygen atoms in total. The van der Waals surface area contributed by atoms with E-state index in [4.69, 9.17) is 10.00 Å². The Bertz CT molecular complexity index is 448. The third kappa shape index (κ3) is 1.78. The summed E-state index contributed by atoms with van der Waals surface area (Å²) in [6.45, 7) is 4.44. The molecule has 1 aromatic rings. The average Bonchev–Trinajstić information content (AvgIpc) is 2.28. The lowest BCUT2D eigenvalue weighted by atomic mass is 9.82. The number of rotatable bonds is 1. The Labute approximate surface area is 101 Å². The zero-order valence-corrected chi connectivity index (χ0v) is 10.6. The van der Waals surface area contributed by atoms with Crippen LogP contribution < -0.4 is 4.74 Å². The number of thioether (sulfide) groups is 1. The van der Waals surface area contributed by atoms with Crippen molar-refractivity contribution in [1.82, 2.24) is 0 Å². The smallest absolute Gasteiger partial charge is 0.119 e. The van der Waals surface area contributed by atoms with Gasteiger partial charge in [0.25, 0.3) is 0 Å². The largest absolute Gasteiger partial charge is 0.497 e. The van der Waals surface area contributed by atoms with Crippen molar-refractivity contribution in [3.05, 3.63) is 29.3 Å². The van der Waals surface area contributed by atoms with Gasteiger partial charge in [0.05, 0.1) is 13.2 Å². The first kappa shape index (κ1) is 11.3. The number of hydrogen-bond acceptors (Lipinski definition) is 3. The van der Waals surface area contributed by atoms with Crippen LogP contribution in [0.1, 0.15) is 30.2 Å². The molecule has 0 spiro atoms. The zero-order valence-electron chi connectivity index (χ0n) is 9.78. The van der Waals surface area contributed by atoms with E-state index in [2.05, 4.69) is 26.0 Å². The van der Waals surface area contributed by atoms with Gasteiger partial charge < -0.3 is 4.74 Å². The van der Waals surface area contributed by atoms with Gasteiger partial charge in [-0.1, -0.05) is 19.9 Å². The van der Waals surface area contributed by atoms with Crippen molar-refractivity contribution < 1.29 is 4.74 Å². The van der Waals surface area contributed by atoms with Crippen LogP contribution in [0.2, 0.25) is 0 Å². The van der Waals surface area contributed by atoms with Crippen LogP contribution in [-0.4, -0.2) is 12.9 Å². The zero-order chi connectivity index (χ0) is 11.8. The summed E-state index contributed by atoms with van der Waals surface area (Å²) in [5.41, 5.74) is 2.53. The molecule has 0 amide bonds. The van der Waals surface area contributed by atoms with E-state index in [1.165, 1.54) is 5.56 Å². The third-order valence-corrected chi connectivity index (χ3v) is 4.58. The van der Waals surface area contributed by atoms with Gasteiger partial charge in [-0.2, -0.15) is 5.26 Å². The van der Waals surface area contributed by atoms with Crippen molar-refractivity contribution in [3.63, 3.8) is 0 Å². The van der Waals surface area contributed by atoms with Gasteiger partial charge in [-0.25, -0.2) is 0 Å². The van der Waals surface area contributed by atoms with Crippen molar-refractivity contribution >= 4 is 11.8 Å². The molecule has 0 aliphatic carbocycles. The van der Waals surface area contributed by atoms with Crippen molar-refractivity contribution in [2.24, 2.45) is 0 Å². The standard InChI is InChI=1S/C13H15NOS/c1-13(2)8-16-12(7-14)10-6-9(15-3)4-5-11(10)13/h4-6,12H,8H2,1-3H3. The fourth-order valence-corrected chi connectivity index (χ4v) is 3.25. The Morgan fingerprint density at radius 2 is 2.25 bits per heavy atom. The quantitative estimate of drug-likeness (QED) is 0.746. The normalized spacial score (nSPS) is 22.0. The van der Waals surface area contributed by atoms with Gasteiger partial charge >= 0.3 is 0 Å². The molecule has 1 atom stereocenters. The maximum absolute atomic E-state index is 9.16. The molecule has 0 saturated heterocycles. The van der Waals surface area contributed by atoms with E-state index >= 15 is 0 Å². The highest BCUT2D eigenvalue weighted by Crippen LogP contribution is 2.45. The van der Waals surface area contributed by atoms with E-state index in [9.17, 15) is 0 Å². The van der Waals surface area contributed by atoms with Crippen molar-refractivity contribution in [3.8, 4) is 11.8 Å². The van der Waals surface area contributed by atoms with E-state index in [1.54, 1.807) is 18.9 Å². The van der Waals surface area contributed by atoms with E-state index < -0.39 is 0 Å². The molecule has 0 N–H and O–H groups in total. The minimum atomic E-state index is -0.0573. The number of fused-ring (bicyclic) bond motifs is 1. The van der Waals surface area contributed by atoms with Crippen LogP contribution in [0.5, 0.6) is 5.75 Å². The van der Waals surface area contributed by atoms with Gasteiger partial charge in [0.15, 0.2) is 0 Å². The van der Waals surface area contributed by atoms with Gasteiger partial charge in [0.1, 0.15) is 11.0 Å². The van der Waals surface area contributed by atoms with Gasteiger partial charge in [-0.3, -0.25) is 0 Å². The molecule has 16 heavy (non-hydrogen) atoms. The Balaban J connectivity index is 2.56. The highest BCUT2D eigenvalue weighted by Gasteiger charge is 2.33. The second-order valence-electron chi connectivity index (χ2n) is 4.66. The monoisotopic (exact) mass is 233 g/mol. The van der Waals surface area contributed by atoms with Crippen molar-refractivity contribution in [2.75, 3.05) is 12.9 Å². The fraction of sp³-hybridized carbons (Fsp3) is 0.462. The van der Waals surface area contributed by atoms with Gasteiger partial charge in [0, 0.05) is 5.75 Å². The lowest BCUT2D eigenvalue weighted by Crippen LogP contribution is -2.27. The summed E-state index contributed by atoms with van der Waals surface area (Å²) in [6, 6.07) is 8.43. The number of ether oxygens (including phenoxy) is 1. The predicted molar refractivity (Wildman–Crippen MR) is 66.8 cm³/mol. The predicted octanol–water partition coefficient (Wildman–Crippen LogP) is 3.28. The molecule has 1 aliphatic heterocycles. The highest BCUT2D eigenvalue weighted by atomic mass is 32.2. The minimum absolute atomic E-state index is 0.0573. The molecular formula is C13H15NOS. The molecule has 1 unspecified atom stereocenters. The number of hydrogen-bond donors (Lipinski definition) is 0. The lowest BCUT2D eigenvalue weighted by molar-refractivity contribution is 0.413. The lowest BCUT2D eigenvalue weighted by Gasteiger charge is -2.34. The average molecular weight is 233 g/mol. The third-order valence-electron chi connectivity index (χ3n) is 3.00. The molecule has 2 rings (SSSR count). The molecule has 0 radical (unpaired) electrons. The Kier molecular flexibility index (Phi) is 2.86. The summed E-state index contributed by atoms with van der Waals surface area (Å²) in [5.74, 6) is 1.82. The Morgan fingerprint density at radius 1 is 1.50 bits per heavy atom. The summed E-state index contributed by atoms with van der Waals surface area (Å²) in [6.07, 6.45) is 0. The molecule has 1 aliphatic rings. The Morgan fingerprint density at radius 3 is 2.88 bits per heavy atom. The van der Waals surface area contributed by atoms with Crippen LogP contribution in [0.25, 0.3) is 0 Å². The molecule has 0 saturated carbocycles. The van der Waals surface area contributed by atoms with Crippen LogP contribution in [0, 0.1) is 11.3 Å². The molecule has 1 aromatic carbocycles. The Hall–Kier alpha value is -1.14. The first-order valence-electron chi connectivity index (χ1n) is 5.28. The van der Waals surface area contributed by atoms with Crippen LogP contribution in [-0.2, 0) is 5.41 Å². The molecule has 3 heteroatoms. The van der Waals surface area contributed by atoms with Gasteiger partial charge in [-0.15, -0.1) is 11.8 Å². The maximum atomic E-state index is 9.16. The van der Waals surface area contributed by atoms with Gasteiger partial charge in [0.2, 0.25) is 0 Å². The van der Waals surface area contributed by atoms with Crippen LogP contribution >= 0.6 is 11.8 Å². The fourth-order valence-electron chi connectivity index (χ4n) is 2.07. The topological polar surface area (TPSA) is 33.0 Å². The summed E-state index contributed by atoms with van der Waals surface area (Å²) in [5, 5.41) is 9.10. The van der Waals surface area contributed by atoms with Crippen LogP contribution in [0.15, 0.2) is 18.2 Å². The van der Waals surface area contributed by atoms with E-state index in [-0.39, 0.29) is 10.7 Å². The maximum Gasteiger partial charge on any atom is 0.119 e. The molecule has 1 heterocycles. The SMILES string of the molecule is COc1ccc2c(c1)C(C#N)SCC2(C)C. The molecule has 0 fully saturated rings. The van der Waals surface area contributed by atoms with Crippen LogP contribution in [0.4, 0.5) is 0 Å². The van der Waals surface area contributed by atoms with Crippen LogP contribution in [0.3, 0.4) is 0 Å². The number of methoxy groups -OCH3 is 1. The molecular weight excluding hydrogens is 218 g/mol. The highest BCUT2D eigenvalue weighted by molar-refractivity contribution is 7.99. The summed E-state index contributed by atoms with van der Waals surface area (Å²) in [4.78, 5) is 0. The van der Waals surface area contributed by atoms with Gasteiger partial charge in [-0.05, 0) is 28.7 Å². The second kappa shape index (κ2) is 4.03. The summed E-state index contributed by atoms with van der Waals surface area (Å²) < 4.78 is 5.22. The number of nitrogens with zero attached hydrogens (tertiary/aromatic N) is 1. The molecule has 0 bridgehead atoms. The summed E-state index contributed by atoms with van der Waals surface area (Å²) >= 11 is 1.72. The van der Waals surface area contributed by atoms with E-state index in [0.29, 0.717) is 0 Å². The van der Waals surface area contributed by atoms with Crippen molar-refractivity contribution in [1.29, 1.82) is 5.26 Å².